The van der Waals surface area contributed by atoms with E-state index in [0.717, 1.165) is 4.31 Å². The van der Waals surface area contributed by atoms with E-state index >= 15 is 0 Å². The van der Waals surface area contributed by atoms with Gasteiger partial charge in [-0.05, 0) is 18.2 Å². The summed E-state index contributed by atoms with van der Waals surface area (Å²) in [5.41, 5.74) is 5.91. The molecule has 0 bridgehead atoms. The van der Waals surface area contributed by atoms with Crippen LogP contribution in [0.15, 0.2) is 29.2 Å². The molecule has 4 nitrogen and oxygen atoms in total. The molecule has 0 spiro atoms. The first-order valence-corrected chi connectivity index (χ1v) is 5.68. The second-order valence-electron chi connectivity index (χ2n) is 3.04. The van der Waals surface area contributed by atoms with Crippen molar-refractivity contribution in [1.29, 1.82) is 0 Å². The van der Waals surface area contributed by atoms with E-state index in [2.05, 4.69) is 5.92 Å². The maximum atomic E-state index is 11.8. The molecular formula is C10H12N2O2S. The highest BCUT2D eigenvalue weighted by atomic mass is 32.2. The number of nitrogens with two attached hydrogens (primary N) is 1. The van der Waals surface area contributed by atoms with Crippen LogP contribution in [0, 0.1) is 12.3 Å². The molecule has 0 aliphatic carbocycles. The Morgan fingerprint density at radius 2 is 2.20 bits per heavy atom. The van der Waals surface area contributed by atoms with Crippen molar-refractivity contribution in [2.45, 2.75) is 4.90 Å². The summed E-state index contributed by atoms with van der Waals surface area (Å²) in [4.78, 5) is 0.153. The first kappa shape index (κ1) is 11.6. The van der Waals surface area contributed by atoms with Crippen molar-refractivity contribution in [2.24, 2.45) is 0 Å². The van der Waals surface area contributed by atoms with Crippen LogP contribution in [0.1, 0.15) is 0 Å². The lowest BCUT2D eigenvalue weighted by atomic mass is 10.3. The highest BCUT2D eigenvalue weighted by Crippen LogP contribution is 2.16. The van der Waals surface area contributed by atoms with E-state index in [-0.39, 0.29) is 11.4 Å². The summed E-state index contributed by atoms with van der Waals surface area (Å²) in [5, 5.41) is 0. The SMILES string of the molecule is C#CCN(C)S(=O)(=O)c1cccc(N)c1. The Hall–Kier alpha value is -1.51. The van der Waals surface area contributed by atoms with Gasteiger partial charge in [-0.2, -0.15) is 4.31 Å². The van der Waals surface area contributed by atoms with E-state index in [0.29, 0.717) is 5.69 Å². The predicted molar refractivity (Wildman–Crippen MR) is 59.5 cm³/mol. The van der Waals surface area contributed by atoms with Crippen molar-refractivity contribution < 1.29 is 8.42 Å². The number of nitrogen functional groups attached to an aromatic ring is 1. The molecule has 80 valence electrons. The zero-order valence-corrected chi connectivity index (χ0v) is 9.16. The Morgan fingerprint density at radius 3 is 2.73 bits per heavy atom. The van der Waals surface area contributed by atoms with Crippen molar-refractivity contribution in [2.75, 3.05) is 19.3 Å². The van der Waals surface area contributed by atoms with Gasteiger partial charge in [0.05, 0.1) is 11.4 Å². The first-order valence-electron chi connectivity index (χ1n) is 4.24. The zero-order valence-electron chi connectivity index (χ0n) is 8.34. The Morgan fingerprint density at radius 1 is 1.53 bits per heavy atom. The minimum atomic E-state index is -3.51. The van der Waals surface area contributed by atoms with Gasteiger partial charge in [0.2, 0.25) is 10.0 Å². The number of anilines is 1. The Kier molecular flexibility index (Phi) is 3.35. The van der Waals surface area contributed by atoms with E-state index in [1.165, 1.54) is 19.2 Å². The topological polar surface area (TPSA) is 63.4 Å². The molecule has 1 aromatic carbocycles. The number of benzene rings is 1. The number of terminal acetylenes is 1. The van der Waals surface area contributed by atoms with E-state index in [1.807, 2.05) is 0 Å². The summed E-state index contributed by atoms with van der Waals surface area (Å²) < 4.78 is 24.8. The van der Waals surface area contributed by atoms with Gasteiger partial charge in [-0.3, -0.25) is 0 Å². The maximum Gasteiger partial charge on any atom is 0.243 e. The fraction of sp³-hybridized carbons (Fsp3) is 0.200. The normalized spacial score (nSPS) is 11.3. The van der Waals surface area contributed by atoms with Crippen LogP contribution in [0.25, 0.3) is 0 Å². The maximum absolute atomic E-state index is 11.8. The fourth-order valence-electron chi connectivity index (χ4n) is 1.07. The number of hydrogen-bond acceptors (Lipinski definition) is 3. The summed E-state index contributed by atoms with van der Waals surface area (Å²) in [6.07, 6.45) is 5.05. The van der Waals surface area contributed by atoms with Crippen molar-refractivity contribution in [3.63, 3.8) is 0 Å². The molecule has 15 heavy (non-hydrogen) atoms. The number of hydrogen-bond donors (Lipinski definition) is 1. The Labute approximate surface area is 89.8 Å². The smallest absolute Gasteiger partial charge is 0.243 e. The van der Waals surface area contributed by atoms with Gasteiger partial charge in [0.15, 0.2) is 0 Å². The van der Waals surface area contributed by atoms with E-state index < -0.39 is 10.0 Å². The highest BCUT2D eigenvalue weighted by molar-refractivity contribution is 7.89. The summed E-state index contributed by atoms with van der Waals surface area (Å²) in [7, 11) is -2.08. The van der Waals surface area contributed by atoms with Crippen LogP contribution in [0.2, 0.25) is 0 Å². The number of nitrogens with zero attached hydrogens (tertiary/aromatic N) is 1. The lowest BCUT2D eigenvalue weighted by Crippen LogP contribution is -2.27. The van der Waals surface area contributed by atoms with Crippen LogP contribution in [0.5, 0.6) is 0 Å². The van der Waals surface area contributed by atoms with Crippen molar-refractivity contribution in [3.8, 4) is 12.3 Å². The predicted octanol–water partition coefficient (Wildman–Crippen LogP) is 0.523. The molecule has 2 N–H and O–H groups in total. The summed E-state index contributed by atoms with van der Waals surface area (Å²) in [6.45, 7) is 0.0388. The third kappa shape index (κ3) is 2.49. The standard InChI is InChI=1S/C10H12N2O2S/c1-3-7-12(2)15(13,14)10-6-4-5-9(11)8-10/h1,4-6,8H,7,11H2,2H3. The molecule has 0 amide bonds. The molecule has 1 aromatic rings. The molecule has 0 fully saturated rings. The molecule has 0 aliphatic rings. The van der Waals surface area contributed by atoms with Gasteiger partial charge < -0.3 is 5.73 Å². The van der Waals surface area contributed by atoms with Crippen LogP contribution in [-0.4, -0.2) is 26.3 Å². The summed E-state index contributed by atoms with van der Waals surface area (Å²) in [5.74, 6) is 2.27. The molecule has 0 aromatic heterocycles. The van der Waals surface area contributed by atoms with Crippen molar-refractivity contribution in [3.05, 3.63) is 24.3 Å². The van der Waals surface area contributed by atoms with Crippen LogP contribution in [0.3, 0.4) is 0 Å². The van der Waals surface area contributed by atoms with Gasteiger partial charge in [0.25, 0.3) is 0 Å². The third-order valence-electron chi connectivity index (χ3n) is 1.88. The van der Waals surface area contributed by atoms with Crippen molar-refractivity contribution >= 4 is 15.7 Å². The lowest BCUT2D eigenvalue weighted by Gasteiger charge is -2.14. The molecule has 0 heterocycles. The lowest BCUT2D eigenvalue weighted by molar-refractivity contribution is 0.503. The van der Waals surface area contributed by atoms with Crippen LogP contribution in [0.4, 0.5) is 5.69 Å². The Bertz CT molecular complexity index is 488. The minimum Gasteiger partial charge on any atom is -0.399 e. The monoisotopic (exact) mass is 224 g/mol. The average molecular weight is 224 g/mol. The highest BCUT2D eigenvalue weighted by Gasteiger charge is 2.19. The van der Waals surface area contributed by atoms with Gasteiger partial charge in [-0.15, -0.1) is 6.42 Å². The van der Waals surface area contributed by atoms with Gasteiger partial charge in [-0.1, -0.05) is 12.0 Å². The van der Waals surface area contributed by atoms with Gasteiger partial charge in [-0.25, -0.2) is 8.42 Å². The summed E-state index contributed by atoms with van der Waals surface area (Å²) >= 11 is 0. The number of rotatable bonds is 3. The second-order valence-corrected chi connectivity index (χ2v) is 5.08. The van der Waals surface area contributed by atoms with Crippen molar-refractivity contribution in [1.82, 2.24) is 4.31 Å². The number of sulfonamides is 1. The third-order valence-corrected chi connectivity index (χ3v) is 3.68. The van der Waals surface area contributed by atoms with E-state index in [9.17, 15) is 8.42 Å². The van der Waals surface area contributed by atoms with Gasteiger partial charge >= 0.3 is 0 Å². The summed E-state index contributed by atoms with van der Waals surface area (Å²) in [6, 6.07) is 6.10. The molecule has 0 unspecified atom stereocenters. The fourth-order valence-corrected chi connectivity index (χ4v) is 2.21. The van der Waals surface area contributed by atoms with Crippen LogP contribution in [-0.2, 0) is 10.0 Å². The Balaban J connectivity index is 3.13. The molecular weight excluding hydrogens is 212 g/mol. The quantitative estimate of drug-likeness (QED) is 0.601. The molecule has 0 aliphatic heterocycles. The molecule has 0 radical (unpaired) electrons. The zero-order chi connectivity index (χ0) is 11.5. The largest absolute Gasteiger partial charge is 0.399 e. The molecule has 0 saturated heterocycles. The van der Waals surface area contributed by atoms with Gasteiger partial charge in [0, 0.05) is 12.7 Å². The molecule has 0 atom stereocenters. The molecule has 1 rings (SSSR count). The minimum absolute atomic E-state index is 0.0388. The molecule has 5 heteroatoms. The second kappa shape index (κ2) is 4.34. The first-order chi connectivity index (χ1) is 6.98. The van der Waals surface area contributed by atoms with Gasteiger partial charge in [0.1, 0.15) is 0 Å². The van der Waals surface area contributed by atoms with E-state index in [1.54, 1.807) is 12.1 Å². The average Bonchev–Trinajstić information content (AvgIpc) is 2.18. The van der Waals surface area contributed by atoms with Crippen LogP contribution >= 0.6 is 0 Å². The van der Waals surface area contributed by atoms with E-state index in [4.69, 9.17) is 12.2 Å². The molecule has 0 saturated carbocycles. The van der Waals surface area contributed by atoms with Crippen LogP contribution < -0.4 is 5.73 Å².